The van der Waals surface area contributed by atoms with Gasteiger partial charge in [-0.3, -0.25) is 4.79 Å². The zero-order valence-electron chi connectivity index (χ0n) is 10.7. The van der Waals surface area contributed by atoms with Gasteiger partial charge in [0.15, 0.2) is 0 Å². The van der Waals surface area contributed by atoms with Crippen molar-refractivity contribution in [3.8, 4) is 0 Å². The van der Waals surface area contributed by atoms with Crippen LogP contribution in [0.5, 0.6) is 0 Å². The number of nitrogen functional groups attached to an aromatic ring is 1. The first-order valence-electron chi connectivity index (χ1n) is 6.26. The lowest BCUT2D eigenvalue weighted by Gasteiger charge is -2.11. The van der Waals surface area contributed by atoms with E-state index >= 15 is 0 Å². The largest absolute Gasteiger partial charge is 0.399 e. The van der Waals surface area contributed by atoms with E-state index in [1.54, 1.807) is 6.20 Å². The maximum absolute atomic E-state index is 12.0. The number of aromatic nitrogens is 1. The molecule has 96 valence electrons. The number of amides is 1. The second kappa shape index (κ2) is 4.39. The van der Waals surface area contributed by atoms with Crippen molar-refractivity contribution in [2.45, 2.75) is 19.3 Å². The molecule has 3 rings (SSSR count). The number of hydrogen-bond donors (Lipinski definition) is 2. The molecule has 1 aromatic heterocycles. The van der Waals surface area contributed by atoms with Crippen molar-refractivity contribution in [2.24, 2.45) is 0 Å². The fourth-order valence-corrected chi connectivity index (χ4v) is 2.52. The van der Waals surface area contributed by atoms with Crippen LogP contribution in [0.15, 0.2) is 36.5 Å². The molecule has 0 fully saturated rings. The molecule has 2 heterocycles. The third-order valence-electron chi connectivity index (χ3n) is 3.56. The lowest BCUT2D eigenvalue weighted by Crippen LogP contribution is -2.14. The molecular weight excluding hydrogens is 238 g/mol. The Labute approximate surface area is 111 Å². The number of aryl methyl sites for hydroxylation is 1. The predicted octanol–water partition coefficient (Wildman–Crippen LogP) is 2.25. The number of carbonyl (C=O) groups is 1. The summed E-state index contributed by atoms with van der Waals surface area (Å²) in [5.41, 5.74) is 9.74. The molecular formula is C15H15N3O. The molecule has 1 aliphatic rings. The first-order valence-corrected chi connectivity index (χ1v) is 6.26. The average Bonchev–Trinajstić information content (AvgIpc) is 2.69. The zero-order chi connectivity index (χ0) is 13.4. The molecule has 0 saturated carbocycles. The smallest absolute Gasteiger partial charge is 0.233 e. The molecule has 1 atom stereocenters. The van der Waals surface area contributed by atoms with E-state index in [1.165, 1.54) is 0 Å². The van der Waals surface area contributed by atoms with Gasteiger partial charge in [-0.05, 0) is 42.7 Å². The summed E-state index contributed by atoms with van der Waals surface area (Å²) < 4.78 is 0. The maximum Gasteiger partial charge on any atom is 0.233 e. The summed E-state index contributed by atoms with van der Waals surface area (Å²) in [4.78, 5) is 16.2. The third-order valence-corrected chi connectivity index (χ3v) is 3.56. The van der Waals surface area contributed by atoms with Crippen LogP contribution in [0.25, 0.3) is 0 Å². The Morgan fingerprint density at radius 1 is 1.37 bits per heavy atom. The van der Waals surface area contributed by atoms with Crippen molar-refractivity contribution in [1.82, 2.24) is 4.98 Å². The SMILES string of the molecule is Cc1cc(N)ccc1CC1C(=O)Nc2ncccc21. The van der Waals surface area contributed by atoms with Crippen LogP contribution < -0.4 is 11.1 Å². The highest BCUT2D eigenvalue weighted by atomic mass is 16.2. The van der Waals surface area contributed by atoms with Crippen molar-refractivity contribution in [2.75, 3.05) is 11.1 Å². The van der Waals surface area contributed by atoms with Crippen molar-refractivity contribution < 1.29 is 4.79 Å². The van der Waals surface area contributed by atoms with E-state index < -0.39 is 0 Å². The molecule has 1 aliphatic heterocycles. The van der Waals surface area contributed by atoms with E-state index in [9.17, 15) is 4.79 Å². The van der Waals surface area contributed by atoms with Gasteiger partial charge in [0.2, 0.25) is 5.91 Å². The van der Waals surface area contributed by atoms with Crippen LogP contribution in [-0.4, -0.2) is 10.9 Å². The fraction of sp³-hybridized carbons (Fsp3) is 0.200. The molecule has 2 aromatic rings. The molecule has 0 bridgehead atoms. The minimum absolute atomic E-state index is 0.0184. The van der Waals surface area contributed by atoms with Gasteiger partial charge in [-0.1, -0.05) is 12.1 Å². The van der Waals surface area contributed by atoms with Gasteiger partial charge >= 0.3 is 0 Å². The van der Waals surface area contributed by atoms with Crippen LogP contribution in [0.3, 0.4) is 0 Å². The Hall–Kier alpha value is -2.36. The predicted molar refractivity (Wildman–Crippen MR) is 74.9 cm³/mol. The number of rotatable bonds is 2. The molecule has 4 nitrogen and oxygen atoms in total. The van der Waals surface area contributed by atoms with Crippen LogP contribution >= 0.6 is 0 Å². The highest BCUT2D eigenvalue weighted by molar-refractivity contribution is 6.01. The summed E-state index contributed by atoms with van der Waals surface area (Å²) >= 11 is 0. The number of carbonyl (C=O) groups excluding carboxylic acids is 1. The Morgan fingerprint density at radius 2 is 2.21 bits per heavy atom. The first-order chi connectivity index (χ1) is 9.15. The van der Waals surface area contributed by atoms with E-state index in [4.69, 9.17) is 5.73 Å². The van der Waals surface area contributed by atoms with E-state index in [0.717, 1.165) is 22.4 Å². The molecule has 19 heavy (non-hydrogen) atoms. The van der Waals surface area contributed by atoms with Gasteiger partial charge in [0.1, 0.15) is 5.82 Å². The van der Waals surface area contributed by atoms with Crippen molar-refractivity contribution in [3.63, 3.8) is 0 Å². The fourth-order valence-electron chi connectivity index (χ4n) is 2.52. The monoisotopic (exact) mass is 253 g/mol. The number of nitrogens with zero attached hydrogens (tertiary/aromatic N) is 1. The summed E-state index contributed by atoms with van der Waals surface area (Å²) in [7, 11) is 0. The Bertz CT molecular complexity index is 652. The van der Waals surface area contributed by atoms with Crippen LogP contribution in [0.1, 0.15) is 22.6 Å². The lowest BCUT2D eigenvalue weighted by atomic mass is 9.92. The molecule has 4 heteroatoms. The van der Waals surface area contributed by atoms with E-state index in [1.807, 2.05) is 37.3 Å². The number of anilines is 2. The number of pyridine rings is 1. The number of nitrogens with two attached hydrogens (primary N) is 1. The van der Waals surface area contributed by atoms with Gasteiger partial charge in [-0.25, -0.2) is 4.98 Å². The van der Waals surface area contributed by atoms with E-state index in [2.05, 4.69) is 10.3 Å². The van der Waals surface area contributed by atoms with E-state index in [-0.39, 0.29) is 11.8 Å². The molecule has 3 N–H and O–H groups in total. The highest BCUT2D eigenvalue weighted by Gasteiger charge is 2.31. The number of hydrogen-bond acceptors (Lipinski definition) is 3. The van der Waals surface area contributed by atoms with Gasteiger partial charge < -0.3 is 11.1 Å². The Balaban J connectivity index is 1.93. The molecule has 0 saturated heterocycles. The molecule has 0 aliphatic carbocycles. The van der Waals surface area contributed by atoms with Crippen molar-refractivity contribution in [1.29, 1.82) is 0 Å². The normalized spacial score (nSPS) is 17.1. The molecule has 1 unspecified atom stereocenters. The summed E-state index contributed by atoms with van der Waals surface area (Å²) in [5, 5.41) is 2.82. The molecule has 0 radical (unpaired) electrons. The minimum atomic E-state index is -0.161. The van der Waals surface area contributed by atoms with Crippen LogP contribution in [0.2, 0.25) is 0 Å². The maximum atomic E-state index is 12.0. The van der Waals surface area contributed by atoms with E-state index in [0.29, 0.717) is 12.2 Å². The zero-order valence-corrected chi connectivity index (χ0v) is 10.7. The highest BCUT2D eigenvalue weighted by Crippen LogP contribution is 2.33. The molecule has 1 aromatic carbocycles. The Kier molecular flexibility index (Phi) is 2.71. The number of fused-ring (bicyclic) bond motifs is 1. The van der Waals surface area contributed by atoms with Gasteiger partial charge in [-0.15, -0.1) is 0 Å². The van der Waals surface area contributed by atoms with Crippen LogP contribution in [0, 0.1) is 6.92 Å². The quantitative estimate of drug-likeness (QED) is 0.807. The van der Waals surface area contributed by atoms with Gasteiger partial charge in [0.05, 0.1) is 5.92 Å². The van der Waals surface area contributed by atoms with Crippen molar-refractivity contribution in [3.05, 3.63) is 53.2 Å². The van der Waals surface area contributed by atoms with Crippen LogP contribution in [-0.2, 0) is 11.2 Å². The second-order valence-corrected chi connectivity index (χ2v) is 4.87. The first kappa shape index (κ1) is 11.7. The standard InChI is InChI=1S/C15H15N3O/c1-9-7-11(16)5-4-10(9)8-13-12-3-2-6-17-14(12)18-15(13)19/h2-7,13H,8,16H2,1H3,(H,17,18,19). The third kappa shape index (κ3) is 2.05. The summed E-state index contributed by atoms with van der Waals surface area (Å²) in [6.45, 7) is 2.02. The van der Waals surface area contributed by atoms with Crippen LogP contribution in [0.4, 0.5) is 11.5 Å². The summed E-state index contributed by atoms with van der Waals surface area (Å²) in [6.07, 6.45) is 2.37. The molecule has 1 amide bonds. The lowest BCUT2D eigenvalue weighted by molar-refractivity contribution is -0.117. The van der Waals surface area contributed by atoms with Crippen molar-refractivity contribution >= 4 is 17.4 Å². The van der Waals surface area contributed by atoms with Gasteiger partial charge in [-0.2, -0.15) is 0 Å². The number of nitrogens with one attached hydrogen (secondary N) is 1. The van der Waals surface area contributed by atoms with Gasteiger partial charge in [0.25, 0.3) is 0 Å². The second-order valence-electron chi connectivity index (χ2n) is 4.87. The summed E-state index contributed by atoms with van der Waals surface area (Å²) in [6, 6.07) is 9.62. The molecule has 0 spiro atoms. The minimum Gasteiger partial charge on any atom is -0.399 e. The average molecular weight is 253 g/mol. The Morgan fingerprint density at radius 3 is 3.00 bits per heavy atom. The topological polar surface area (TPSA) is 68.0 Å². The summed E-state index contributed by atoms with van der Waals surface area (Å²) in [5.74, 6) is 0.543. The number of benzene rings is 1. The van der Waals surface area contributed by atoms with Gasteiger partial charge in [0, 0.05) is 17.4 Å².